The summed E-state index contributed by atoms with van der Waals surface area (Å²) in [6.45, 7) is 13.1. The molecular formula is C37H39F2N7O3. The van der Waals surface area contributed by atoms with Gasteiger partial charge in [0.1, 0.15) is 35.8 Å². The predicted molar refractivity (Wildman–Crippen MR) is 179 cm³/mol. The van der Waals surface area contributed by atoms with Crippen LogP contribution in [-0.2, 0) is 11.2 Å². The lowest BCUT2D eigenvalue weighted by atomic mass is 9.95. The highest BCUT2D eigenvalue weighted by atomic mass is 19.1. The zero-order valence-electron chi connectivity index (χ0n) is 27.4. The van der Waals surface area contributed by atoms with Gasteiger partial charge in [-0.05, 0) is 68.0 Å². The molecule has 5 heterocycles. The van der Waals surface area contributed by atoms with Gasteiger partial charge in [0.2, 0.25) is 6.54 Å². The maximum atomic E-state index is 14.6. The largest absolute Gasteiger partial charge is 0.486 e. The zero-order chi connectivity index (χ0) is 33.4. The SMILES string of the molecule is [C-]#[N+]C[C@H]1CN(c2nc(OC[C@@]34CCCN3C[C@H](F)C4)nc3c(OC4CC4)c(-c4cccc5c4C[C@@H]4C[C@H]54)ncc23)CCN1C(=O)C(=C)F. The standard InChI is InChI=1S/C37H39F2N7O3/c1-21(38)35(47)46-12-11-44(19-24(46)16-40-2)34-30-17-41-31(27-6-3-5-26-28-13-22(28)14-29(26)27)33(49-25-7-8-25)32(30)42-36(43-34)48-20-37-9-4-10-45(37)18-23(39)15-37/h3,5-6,17,22-25,28H,1,4,7-16,18-20H2/t22-,23+,24-,28-,37-/m0/s1. The number of hydrogen-bond donors (Lipinski definition) is 0. The second kappa shape index (κ2) is 11.6. The monoisotopic (exact) mass is 667 g/mol. The van der Waals surface area contributed by atoms with E-state index in [1.54, 1.807) is 6.20 Å². The van der Waals surface area contributed by atoms with Gasteiger partial charge in [-0.2, -0.15) is 9.97 Å². The molecule has 2 saturated carbocycles. The number of aromatic nitrogens is 3. The Hall–Kier alpha value is -4.37. The first-order chi connectivity index (χ1) is 23.8. The van der Waals surface area contributed by atoms with Gasteiger partial charge in [-0.3, -0.25) is 14.7 Å². The molecule has 12 heteroatoms. The second-order valence-corrected chi connectivity index (χ2v) is 14.7. The summed E-state index contributed by atoms with van der Waals surface area (Å²) in [4.78, 5) is 36.8. The lowest BCUT2D eigenvalue weighted by Gasteiger charge is -2.39. The van der Waals surface area contributed by atoms with E-state index < -0.39 is 23.9 Å². The van der Waals surface area contributed by atoms with Crippen LogP contribution in [0.1, 0.15) is 55.6 Å². The molecule has 49 heavy (non-hydrogen) atoms. The van der Waals surface area contributed by atoms with E-state index in [0.29, 0.717) is 53.8 Å². The summed E-state index contributed by atoms with van der Waals surface area (Å²) >= 11 is 0. The number of benzene rings is 1. The Morgan fingerprint density at radius 1 is 1.18 bits per heavy atom. The number of carbonyl (C=O) groups excluding carboxylic acids is 1. The van der Waals surface area contributed by atoms with Crippen molar-refractivity contribution in [3.05, 3.63) is 59.3 Å². The molecule has 3 aliphatic heterocycles. The number of alkyl halides is 1. The Bertz CT molecular complexity index is 1910. The number of rotatable bonds is 9. The fraction of sp³-hybridized carbons (Fsp3) is 0.541. The van der Waals surface area contributed by atoms with Crippen molar-refractivity contribution in [3.8, 4) is 23.0 Å². The van der Waals surface area contributed by atoms with E-state index in [1.807, 2.05) is 4.90 Å². The Morgan fingerprint density at radius 2 is 2.06 bits per heavy atom. The maximum absolute atomic E-state index is 14.6. The average molecular weight is 668 g/mol. The number of halogens is 2. The molecule has 3 saturated heterocycles. The fourth-order valence-corrected chi connectivity index (χ4v) is 8.89. The Labute approximate surface area is 283 Å². The summed E-state index contributed by atoms with van der Waals surface area (Å²) in [7, 11) is 0. The molecule has 0 bridgehead atoms. The van der Waals surface area contributed by atoms with Gasteiger partial charge >= 0.3 is 6.01 Å². The Morgan fingerprint density at radius 3 is 2.88 bits per heavy atom. The maximum Gasteiger partial charge on any atom is 0.319 e. The van der Waals surface area contributed by atoms with Gasteiger partial charge in [0.15, 0.2) is 11.6 Å². The van der Waals surface area contributed by atoms with Crippen LogP contribution < -0.4 is 14.4 Å². The number of pyridine rings is 1. The summed E-state index contributed by atoms with van der Waals surface area (Å²) in [5, 5.41) is 0.670. The molecule has 3 aromatic rings. The fourth-order valence-electron chi connectivity index (χ4n) is 8.89. The predicted octanol–water partition coefficient (Wildman–Crippen LogP) is 5.27. The third kappa shape index (κ3) is 5.28. The van der Waals surface area contributed by atoms with Crippen molar-refractivity contribution in [2.24, 2.45) is 5.92 Å². The van der Waals surface area contributed by atoms with Crippen molar-refractivity contribution >= 4 is 22.6 Å². The molecule has 0 N–H and O–H groups in total. The number of carbonyl (C=O) groups is 1. The molecule has 6 aliphatic rings. The van der Waals surface area contributed by atoms with Gasteiger partial charge in [-0.25, -0.2) is 15.4 Å². The molecule has 5 fully saturated rings. The number of hydrogen-bond acceptors (Lipinski definition) is 8. The second-order valence-electron chi connectivity index (χ2n) is 14.7. The van der Waals surface area contributed by atoms with Crippen LogP contribution in [0.25, 0.3) is 27.0 Å². The summed E-state index contributed by atoms with van der Waals surface area (Å²) in [6, 6.07) is 6.07. The molecular weight excluding hydrogens is 628 g/mol. The first-order valence-corrected chi connectivity index (χ1v) is 17.6. The van der Waals surface area contributed by atoms with E-state index in [-0.39, 0.29) is 43.9 Å². The Balaban J connectivity index is 1.15. The third-order valence-corrected chi connectivity index (χ3v) is 11.5. The normalized spacial score (nSPS) is 28.6. The van der Waals surface area contributed by atoms with E-state index in [2.05, 4.69) is 34.5 Å². The summed E-state index contributed by atoms with van der Waals surface area (Å²) in [6.07, 6.45) is 7.43. The first kappa shape index (κ1) is 30.7. The lowest BCUT2D eigenvalue weighted by molar-refractivity contribution is -0.131. The number of amides is 1. The van der Waals surface area contributed by atoms with Gasteiger partial charge in [0.25, 0.3) is 5.91 Å². The number of nitrogens with zero attached hydrogens (tertiary/aromatic N) is 7. The molecule has 1 amide bonds. The van der Waals surface area contributed by atoms with E-state index in [1.165, 1.54) is 22.4 Å². The van der Waals surface area contributed by atoms with Crippen LogP contribution in [0.3, 0.4) is 0 Å². The van der Waals surface area contributed by atoms with Crippen molar-refractivity contribution in [3.63, 3.8) is 0 Å². The van der Waals surface area contributed by atoms with Crippen molar-refractivity contribution in [1.82, 2.24) is 24.8 Å². The molecule has 0 radical (unpaired) electrons. The topological polar surface area (TPSA) is 88.3 Å². The van der Waals surface area contributed by atoms with Crippen LogP contribution in [0.4, 0.5) is 14.6 Å². The highest BCUT2D eigenvalue weighted by Crippen LogP contribution is 2.58. The highest BCUT2D eigenvalue weighted by Gasteiger charge is 2.50. The molecule has 254 valence electrons. The minimum Gasteiger partial charge on any atom is -0.486 e. The third-order valence-electron chi connectivity index (χ3n) is 11.5. The van der Waals surface area contributed by atoms with Crippen molar-refractivity contribution in [2.75, 3.05) is 50.8 Å². The Kier molecular flexibility index (Phi) is 7.27. The summed E-state index contributed by atoms with van der Waals surface area (Å²) in [5.74, 6) is 0.652. The van der Waals surface area contributed by atoms with Gasteiger partial charge in [0.05, 0.1) is 17.0 Å². The van der Waals surface area contributed by atoms with Gasteiger partial charge < -0.3 is 24.1 Å². The molecule has 3 aliphatic carbocycles. The molecule has 5 atom stereocenters. The molecule has 1 aromatic carbocycles. The summed E-state index contributed by atoms with van der Waals surface area (Å²) in [5.41, 5.74) is 4.77. The van der Waals surface area contributed by atoms with E-state index >= 15 is 0 Å². The minimum atomic E-state index is -1.04. The molecule has 0 spiro atoms. The van der Waals surface area contributed by atoms with Crippen molar-refractivity contribution < 1.29 is 23.0 Å². The van der Waals surface area contributed by atoms with Crippen LogP contribution in [0.2, 0.25) is 0 Å². The minimum absolute atomic E-state index is 0.00416. The zero-order valence-corrected chi connectivity index (χ0v) is 27.4. The van der Waals surface area contributed by atoms with Gasteiger partial charge in [0, 0.05) is 44.4 Å². The number of piperazine rings is 1. The highest BCUT2D eigenvalue weighted by molar-refractivity contribution is 5.97. The first-order valence-electron chi connectivity index (χ1n) is 17.6. The van der Waals surface area contributed by atoms with E-state index in [9.17, 15) is 13.6 Å². The van der Waals surface area contributed by atoms with Crippen molar-refractivity contribution in [1.29, 1.82) is 0 Å². The summed E-state index contributed by atoms with van der Waals surface area (Å²) < 4.78 is 41.8. The van der Waals surface area contributed by atoms with Gasteiger partial charge in [-0.15, -0.1) is 0 Å². The van der Waals surface area contributed by atoms with Crippen LogP contribution in [0, 0.1) is 12.5 Å². The van der Waals surface area contributed by atoms with Gasteiger partial charge in [-0.1, -0.05) is 24.8 Å². The number of anilines is 1. The molecule has 9 rings (SSSR count). The van der Waals surface area contributed by atoms with E-state index in [0.717, 1.165) is 49.9 Å². The lowest BCUT2D eigenvalue weighted by Crippen LogP contribution is -2.56. The van der Waals surface area contributed by atoms with Crippen LogP contribution in [-0.4, -0.2) is 100 Å². The van der Waals surface area contributed by atoms with E-state index in [4.69, 9.17) is 31.0 Å². The average Bonchev–Trinajstić information content (AvgIpc) is 3.97. The van der Waals surface area contributed by atoms with Crippen LogP contribution >= 0.6 is 0 Å². The quantitative estimate of drug-likeness (QED) is 0.226. The smallest absolute Gasteiger partial charge is 0.319 e. The molecule has 0 unspecified atom stereocenters. The number of fused-ring (bicyclic) bond motifs is 5. The van der Waals surface area contributed by atoms with Crippen LogP contribution in [0.15, 0.2) is 36.8 Å². The van der Waals surface area contributed by atoms with Crippen molar-refractivity contribution in [2.45, 2.75) is 74.7 Å². The molecule has 2 aromatic heterocycles. The van der Waals surface area contributed by atoms with Crippen LogP contribution in [0.5, 0.6) is 11.8 Å². The molecule has 10 nitrogen and oxygen atoms in total. The number of ether oxygens (including phenoxy) is 2.